The summed E-state index contributed by atoms with van der Waals surface area (Å²) in [4.78, 5) is 14.7. The Morgan fingerprint density at radius 2 is 2.05 bits per heavy atom. The summed E-state index contributed by atoms with van der Waals surface area (Å²) in [5.41, 5.74) is 0.612. The first kappa shape index (κ1) is 15.0. The van der Waals surface area contributed by atoms with Crippen molar-refractivity contribution >= 4 is 5.91 Å². The van der Waals surface area contributed by atoms with Gasteiger partial charge in [-0.3, -0.25) is 4.79 Å². The van der Waals surface area contributed by atoms with Crippen LogP contribution in [-0.2, 0) is 0 Å². The molecule has 3 nitrogen and oxygen atoms in total. The lowest BCUT2D eigenvalue weighted by Gasteiger charge is -2.39. The molecule has 1 aliphatic rings. The van der Waals surface area contributed by atoms with Crippen LogP contribution in [0.1, 0.15) is 42.6 Å². The molecular formula is C16H23FN2O. The van der Waals surface area contributed by atoms with Crippen LogP contribution in [0.4, 0.5) is 4.39 Å². The average Bonchev–Trinajstić information content (AvgIpc) is 2.39. The fraction of sp³-hybridized carbons (Fsp3) is 0.562. The molecule has 2 rings (SSSR count). The summed E-state index contributed by atoms with van der Waals surface area (Å²) in [5, 5.41) is 3.03. The Bertz CT molecular complexity index is 473. The van der Waals surface area contributed by atoms with Crippen LogP contribution < -0.4 is 5.32 Å². The van der Waals surface area contributed by atoms with Crippen molar-refractivity contribution in [2.45, 2.75) is 39.2 Å². The highest BCUT2D eigenvalue weighted by Gasteiger charge is 2.32. The molecule has 1 N–H and O–H groups in total. The standard InChI is InChI=1S/C16H23FN2O/c1-4-19-10-8-16(3,9-11-19)18-15(20)14-12(2)6-5-7-13(14)17/h5-7H,4,8-11H2,1-3H3,(H,18,20). The van der Waals surface area contributed by atoms with Gasteiger partial charge in [-0.2, -0.15) is 0 Å². The van der Waals surface area contributed by atoms with Crippen molar-refractivity contribution in [3.63, 3.8) is 0 Å². The fourth-order valence-electron chi connectivity index (χ4n) is 2.74. The van der Waals surface area contributed by atoms with E-state index in [0.717, 1.165) is 32.5 Å². The van der Waals surface area contributed by atoms with Crippen LogP contribution >= 0.6 is 0 Å². The maximum atomic E-state index is 13.8. The van der Waals surface area contributed by atoms with Gasteiger partial charge in [-0.25, -0.2) is 4.39 Å². The largest absolute Gasteiger partial charge is 0.347 e. The van der Waals surface area contributed by atoms with E-state index < -0.39 is 5.82 Å². The summed E-state index contributed by atoms with van der Waals surface area (Å²) >= 11 is 0. The summed E-state index contributed by atoms with van der Waals surface area (Å²) < 4.78 is 13.8. The van der Waals surface area contributed by atoms with Gasteiger partial charge in [0.15, 0.2) is 0 Å². The fourth-order valence-corrected chi connectivity index (χ4v) is 2.74. The first-order valence-electron chi connectivity index (χ1n) is 7.25. The van der Waals surface area contributed by atoms with Crippen molar-refractivity contribution < 1.29 is 9.18 Å². The van der Waals surface area contributed by atoms with Crippen molar-refractivity contribution in [3.8, 4) is 0 Å². The van der Waals surface area contributed by atoms with Crippen molar-refractivity contribution in [2.75, 3.05) is 19.6 Å². The number of rotatable bonds is 3. The molecule has 0 saturated carbocycles. The molecule has 0 radical (unpaired) electrons. The SMILES string of the molecule is CCN1CCC(C)(NC(=O)c2c(C)cccc2F)CC1. The number of amides is 1. The van der Waals surface area contributed by atoms with E-state index in [2.05, 4.69) is 17.1 Å². The summed E-state index contributed by atoms with van der Waals surface area (Å²) in [6.45, 7) is 8.95. The molecular weight excluding hydrogens is 255 g/mol. The predicted octanol–water partition coefficient (Wildman–Crippen LogP) is 2.74. The molecule has 20 heavy (non-hydrogen) atoms. The molecule has 0 spiro atoms. The van der Waals surface area contributed by atoms with Crippen molar-refractivity contribution in [1.82, 2.24) is 10.2 Å². The third kappa shape index (κ3) is 3.18. The topological polar surface area (TPSA) is 32.3 Å². The van der Waals surface area contributed by atoms with Gasteiger partial charge in [-0.15, -0.1) is 0 Å². The van der Waals surface area contributed by atoms with E-state index in [1.54, 1.807) is 19.1 Å². The second-order valence-electron chi connectivity index (χ2n) is 5.88. The summed E-state index contributed by atoms with van der Waals surface area (Å²) in [7, 11) is 0. The van der Waals surface area contributed by atoms with Crippen molar-refractivity contribution in [3.05, 3.63) is 35.1 Å². The minimum absolute atomic E-state index is 0.173. The normalized spacial score (nSPS) is 18.8. The highest BCUT2D eigenvalue weighted by Crippen LogP contribution is 2.23. The average molecular weight is 278 g/mol. The molecule has 1 aliphatic heterocycles. The Morgan fingerprint density at radius 1 is 1.40 bits per heavy atom. The predicted molar refractivity (Wildman–Crippen MR) is 78.4 cm³/mol. The Kier molecular flexibility index (Phi) is 4.43. The molecule has 4 heteroatoms. The second kappa shape index (κ2) is 5.92. The number of carbonyl (C=O) groups is 1. The van der Waals surface area contributed by atoms with E-state index in [1.807, 2.05) is 6.92 Å². The Morgan fingerprint density at radius 3 is 2.60 bits per heavy atom. The summed E-state index contributed by atoms with van der Waals surface area (Å²) in [5.74, 6) is -0.745. The number of carbonyl (C=O) groups excluding carboxylic acids is 1. The highest BCUT2D eigenvalue weighted by atomic mass is 19.1. The zero-order valence-corrected chi connectivity index (χ0v) is 12.5. The van der Waals surface area contributed by atoms with Crippen molar-refractivity contribution in [1.29, 1.82) is 0 Å². The van der Waals surface area contributed by atoms with Gasteiger partial charge in [0, 0.05) is 18.6 Å². The zero-order chi connectivity index (χ0) is 14.8. The number of aryl methyl sites for hydroxylation is 1. The van der Waals surface area contributed by atoms with Crippen LogP contribution in [0.3, 0.4) is 0 Å². The van der Waals surface area contributed by atoms with Crippen LogP contribution in [0.25, 0.3) is 0 Å². The monoisotopic (exact) mass is 278 g/mol. The molecule has 0 unspecified atom stereocenters. The lowest BCUT2D eigenvalue weighted by atomic mass is 9.89. The third-order valence-corrected chi connectivity index (χ3v) is 4.27. The number of nitrogens with zero attached hydrogens (tertiary/aromatic N) is 1. The number of nitrogens with one attached hydrogen (secondary N) is 1. The van der Waals surface area contributed by atoms with Gasteiger partial charge in [0.05, 0.1) is 5.56 Å². The summed E-state index contributed by atoms with van der Waals surface area (Å²) in [6.07, 6.45) is 1.81. The first-order chi connectivity index (χ1) is 9.45. The second-order valence-corrected chi connectivity index (χ2v) is 5.88. The van der Waals surface area contributed by atoms with Gasteiger partial charge in [0.1, 0.15) is 5.82 Å². The van der Waals surface area contributed by atoms with E-state index in [0.29, 0.717) is 5.56 Å². The molecule has 1 amide bonds. The maximum Gasteiger partial charge on any atom is 0.254 e. The molecule has 0 aliphatic carbocycles. The Balaban J connectivity index is 2.08. The van der Waals surface area contributed by atoms with E-state index in [4.69, 9.17) is 0 Å². The van der Waals surface area contributed by atoms with Crippen LogP contribution in [-0.4, -0.2) is 36.0 Å². The molecule has 1 aromatic rings. The summed E-state index contributed by atoms with van der Waals surface area (Å²) in [6, 6.07) is 4.73. The van der Waals surface area contributed by atoms with E-state index >= 15 is 0 Å². The molecule has 110 valence electrons. The Labute approximate surface area is 120 Å². The van der Waals surface area contributed by atoms with Gasteiger partial charge >= 0.3 is 0 Å². The number of piperidine rings is 1. The maximum absolute atomic E-state index is 13.8. The van der Waals surface area contributed by atoms with E-state index in [-0.39, 0.29) is 17.0 Å². The minimum atomic E-state index is -0.447. The van der Waals surface area contributed by atoms with Crippen molar-refractivity contribution in [2.24, 2.45) is 0 Å². The molecule has 0 atom stereocenters. The highest BCUT2D eigenvalue weighted by molar-refractivity contribution is 5.96. The molecule has 0 aromatic heterocycles. The van der Waals surface area contributed by atoms with E-state index in [1.165, 1.54) is 6.07 Å². The van der Waals surface area contributed by atoms with Crippen LogP contribution in [0, 0.1) is 12.7 Å². The number of benzene rings is 1. The lowest BCUT2D eigenvalue weighted by molar-refractivity contribution is 0.0834. The lowest BCUT2D eigenvalue weighted by Crippen LogP contribution is -2.53. The van der Waals surface area contributed by atoms with Gasteiger partial charge < -0.3 is 10.2 Å². The quantitative estimate of drug-likeness (QED) is 0.922. The molecule has 1 aromatic carbocycles. The van der Waals surface area contributed by atoms with E-state index in [9.17, 15) is 9.18 Å². The number of likely N-dealkylation sites (tertiary alicyclic amines) is 1. The molecule has 1 heterocycles. The molecule has 1 fully saturated rings. The van der Waals surface area contributed by atoms with Gasteiger partial charge in [0.2, 0.25) is 0 Å². The molecule has 1 saturated heterocycles. The zero-order valence-electron chi connectivity index (χ0n) is 12.5. The van der Waals surface area contributed by atoms with Crippen LogP contribution in [0.2, 0.25) is 0 Å². The smallest absolute Gasteiger partial charge is 0.254 e. The molecule has 0 bridgehead atoms. The van der Waals surface area contributed by atoms with Gasteiger partial charge in [-0.1, -0.05) is 19.1 Å². The first-order valence-corrected chi connectivity index (χ1v) is 7.25. The number of hydrogen-bond donors (Lipinski definition) is 1. The third-order valence-electron chi connectivity index (χ3n) is 4.27. The van der Waals surface area contributed by atoms with Crippen LogP contribution in [0.5, 0.6) is 0 Å². The number of halogens is 1. The van der Waals surface area contributed by atoms with Crippen LogP contribution in [0.15, 0.2) is 18.2 Å². The number of hydrogen-bond acceptors (Lipinski definition) is 2. The van der Waals surface area contributed by atoms with Gasteiger partial charge in [-0.05, 0) is 44.9 Å². The van der Waals surface area contributed by atoms with Gasteiger partial charge in [0.25, 0.3) is 5.91 Å². The minimum Gasteiger partial charge on any atom is -0.347 e. The Hall–Kier alpha value is -1.42.